The quantitative estimate of drug-likeness (QED) is 0.623. The summed E-state index contributed by atoms with van der Waals surface area (Å²) in [6.45, 7) is 0. The number of ether oxygens (including phenoxy) is 1. The number of nitriles is 1. The topological polar surface area (TPSA) is 45.9 Å². The summed E-state index contributed by atoms with van der Waals surface area (Å²) in [6.07, 6.45) is -2.69. The molecule has 0 aromatic carbocycles. The molecule has 0 aliphatic heterocycles. The molecule has 1 aromatic rings. The SMILES string of the molecule is COc1nc(I)c(C#N)cc1C(F)F. The molecule has 0 amide bonds. The molecule has 0 aliphatic carbocycles. The lowest BCUT2D eigenvalue weighted by Gasteiger charge is -2.07. The minimum Gasteiger partial charge on any atom is -0.481 e. The van der Waals surface area contributed by atoms with Crippen molar-refractivity contribution in [1.82, 2.24) is 4.98 Å². The molecule has 0 fully saturated rings. The van der Waals surface area contributed by atoms with Gasteiger partial charge in [0.1, 0.15) is 9.77 Å². The second kappa shape index (κ2) is 4.50. The highest BCUT2D eigenvalue weighted by molar-refractivity contribution is 14.1. The highest BCUT2D eigenvalue weighted by atomic mass is 127. The lowest BCUT2D eigenvalue weighted by molar-refractivity contribution is 0.146. The van der Waals surface area contributed by atoms with Crippen LogP contribution in [0.25, 0.3) is 0 Å². The van der Waals surface area contributed by atoms with Crippen LogP contribution in [-0.2, 0) is 0 Å². The Balaban J connectivity index is 3.34. The lowest BCUT2D eigenvalue weighted by Crippen LogP contribution is -1.99. The monoisotopic (exact) mass is 310 g/mol. The predicted octanol–water partition coefficient (Wildman–Crippen LogP) is 2.50. The summed E-state index contributed by atoms with van der Waals surface area (Å²) in [4.78, 5) is 3.75. The Bertz CT molecular complexity index is 390. The van der Waals surface area contributed by atoms with Gasteiger partial charge in [-0.3, -0.25) is 0 Å². The molecule has 0 N–H and O–H groups in total. The van der Waals surface area contributed by atoms with Crippen LogP contribution in [-0.4, -0.2) is 12.1 Å². The molecule has 0 saturated carbocycles. The Morgan fingerprint density at radius 2 is 2.29 bits per heavy atom. The third kappa shape index (κ3) is 2.09. The van der Waals surface area contributed by atoms with E-state index in [1.807, 2.05) is 0 Å². The number of alkyl halides is 2. The van der Waals surface area contributed by atoms with E-state index in [0.717, 1.165) is 6.07 Å². The van der Waals surface area contributed by atoms with Gasteiger partial charge in [-0.25, -0.2) is 13.8 Å². The summed E-state index contributed by atoms with van der Waals surface area (Å²) in [5.74, 6) is -0.136. The van der Waals surface area contributed by atoms with E-state index in [2.05, 4.69) is 9.72 Å². The minimum absolute atomic E-state index is 0.127. The van der Waals surface area contributed by atoms with Crippen LogP contribution < -0.4 is 4.74 Å². The standard InChI is InChI=1S/C8H5F2IN2O/c1-14-8-5(6(9)10)2-4(3-12)7(11)13-8/h2,6H,1H3. The van der Waals surface area contributed by atoms with Crippen LogP contribution in [0.3, 0.4) is 0 Å². The third-order valence-electron chi connectivity index (χ3n) is 1.52. The number of aromatic nitrogens is 1. The zero-order valence-corrected chi connectivity index (χ0v) is 9.25. The van der Waals surface area contributed by atoms with Crippen molar-refractivity contribution in [2.75, 3.05) is 7.11 Å². The van der Waals surface area contributed by atoms with Crippen molar-refractivity contribution >= 4 is 22.6 Å². The van der Waals surface area contributed by atoms with Gasteiger partial charge in [0, 0.05) is 0 Å². The number of nitrogens with zero attached hydrogens (tertiary/aromatic N) is 2. The average Bonchev–Trinajstić information content (AvgIpc) is 2.16. The fraction of sp³-hybridized carbons (Fsp3) is 0.250. The molecule has 0 saturated heterocycles. The maximum atomic E-state index is 12.4. The number of halogens is 3. The van der Waals surface area contributed by atoms with Gasteiger partial charge in [0.05, 0.1) is 18.2 Å². The normalized spacial score (nSPS) is 10.0. The first-order valence-corrected chi connectivity index (χ1v) is 4.60. The average molecular weight is 310 g/mol. The van der Waals surface area contributed by atoms with Crippen LogP contribution in [0.2, 0.25) is 0 Å². The van der Waals surface area contributed by atoms with E-state index in [1.165, 1.54) is 7.11 Å². The Hall–Kier alpha value is -0.970. The first kappa shape index (κ1) is 11.1. The smallest absolute Gasteiger partial charge is 0.269 e. The van der Waals surface area contributed by atoms with Gasteiger partial charge in [0.25, 0.3) is 6.43 Å². The summed E-state index contributed by atoms with van der Waals surface area (Å²) in [5.41, 5.74) is -0.230. The number of rotatable bonds is 2. The largest absolute Gasteiger partial charge is 0.481 e. The van der Waals surface area contributed by atoms with Crippen LogP contribution in [0.15, 0.2) is 6.07 Å². The first-order valence-electron chi connectivity index (χ1n) is 3.52. The number of pyridine rings is 1. The van der Waals surface area contributed by atoms with Crippen LogP contribution in [0.1, 0.15) is 17.6 Å². The van der Waals surface area contributed by atoms with Gasteiger partial charge in [-0.2, -0.15) is 5.26 Å². The van der Waals surface area contributed by atoms with E-state index in [4.69, 9.17) is 5.26 Å². The molecule has 0 unspecified atom stereocenters. The van der Waals surface area contributed by atoms with E-state index < -0.39 is 6.43 Å². The molecule has 0 atom stereocenters. The van der Waals surface area contributed by atoms with E-state index in [-0.39, 0.29) is 17.0 Å². The molecule has 6 heteroatoms. The fourth-order valence-corrected chi connectivity index (χ4v) is 1.38. The van der Waals surface area contributed by atoms with Gasteiger partial charge in [-0.05, 0) is 28.7 Å². The molecule has 0 bridgehead atoms. The zero-order valence-electron chi connectivity index (χ0n) is 7.09. The minimum atomic E-state index is -2.69. The third-order valence-corrected chi connectivity index (χ3v) is 2.34. The predicted molar refractivity (Wildman–Crippen MR) is 53.2 cm³/mol. The maximum Gasteiger partial charge on any atom is 0.269 e. The summed E-state index contributed by atoms with van der Waals surface area (Å²) >= 11 is 1.79. The molecule has 14 heavy (non-hydrogen) atoms. The zero-order chi connectivity index (χ0) is 10.7. The van der Waals surface area contributed by atoms with E-state index in [0.29, 0.717) is 3.70 Å². The van der Waals surface area contributed by atoms with Gasteiger partial charge in [-0.15, -0.1) is 0 Å². The summed E-state index contributed by atoms with van der Waals surface area (Å²) in [7, 11) is 1.26. The number of methoxy groups -OCH3 is 1. The highest BCUT2D eigenvalue weighted by Crippen LogP contribution is 2.29. The van der Waals surface area contributed by atoms with Crippen LogP contribution in [0.5, 0.6) is 5.88 Å². The van der Waals surface area contributed by atoms with Gasteiger partial charge in [0.15, 0.2) is 0 Å². The molecular formula is C8H5F2IN2O. The highest BCUT2D eigenvalue weighted by Gasteiger charge is 2.18. The van der Waals surface area contributed by atoms with E-state index in [1.54, 1.807) is 28.7 Å². The summed E-state index contributed by atoms with van der Waals surface area (Å²) < 4.78 is 29.9. The molecular weight excluding hydrogens is 305 g/mol. The maximum absolute atomic E-state index is 12.4. The molecule has 3 nitrogen and oxygen atoms in total. The molecule has 0 aliphatic rings. The van der Waals surface area contributed by atoms with E-state index in [9.17, 15) is 8.78 Å². The molecule has 74 valence electrons. The van der Waals surface area contributed by atoms with Crippen molar-refractivity contribution < 1.29 is 13.5 Å². The van der Waals surface area contributed by atoms with Crippen molar-refractivity contribution in [3.05, 3.63) is 20.9 Å². The number of hydrogen-bond donors (Lipinski definition) is 0. The summed E-state index contributed by atoms with van der Waals surface area (Å²) in [5, 5.41) is 8.61. The number of hydrogen-bond acceptors (Lipinski definition) is 3. The molecule has 1 aromatic heterocycles. The van der Waals surface area contributed by atoms with Crippen LogP contribution in [0.4, 0.5) is 8.78 Å². The Morgan fingerprint density at radius 1 is 1.64 bits per heavy atom. The lowest BCUT2D eigenvalue weighted by atomic mass is 10.2. The van der Waals surface area contributed by atoms with Crippen molar-refractivity contribution in [3.63, 3.8) is 0 Å². The summed E-state index contributed by atoms with van der Waals surface area (Å²) in [6, 6.07) is 2.88. The van der Waals surface area contributed by atoms with Gasteiger partial charge in [0.2, 0.25) is 5.88 Å². The van der Waals surface area contributed by atoms with Crippen molar-refractivity contribution in [2.45, 2.75) is 6.43 Å². The van der Waals surface area contributed by atoms with Gasteiger partial charge < -0.3 is 4.74 Å². The Morgan fingerprint density at radius 3 is 2.71 bits per heavy atom. The van der Waals surface area contributed by atoms with Gasteiger partial charge in [-0.1, -0.05) is 0 Å². The van der Waals surface area contributed by atoms with Crippen LogP contribution >= 0.6 is 22.6 Å². The molecule has 0 spiro atoms. The molecule has 0 radical (unpaired) electrons. The molecule has 1 heterocycles. The fourth-order valence-electron chi connectivity index (χ4n) is 0.889. The van der Waals surface area contributed by atoms with Crippen molar-refractivity contribution in [2.24, 2.45) is 0 Å². The second-order valence-electron chi connectivity index (χ2n) is 2.34. The second-order valence-corrected chi connectivity index (χ2v) is 3.36. The van der Waals surface area contributed by atoms with Crippen LogP contribution in [0, 0.1) is 15.0 Å². The van der Waals surface area contributed by atoms with Crippen molar-refractivity contribution in [1.29, 1.82) is 5.26 Å². The van der Waals surface area contributed by atoms with Gasteiger partial charge >= 0.3 is 0 Å². The molecule has 1 rings (SSSR count). The Labute approximate surface area is 92.8 Å². The van der Waals surface area contributed by atoms with Crippen molar-refractivity contribution in [3.8, 4) is 11.9 Å². The first-order chi connectivity index (χ1) is 6.60. The Kier molecular flexibility index (Phi) is 3.57. The van der Waals surface area contributed by atoms with E-state index >= 15 is 0 Å².